The molecule has 0 aliphatic carbocycles. The highest BCUT2D eigenvalue weighted by atomic mass is 14.7. The van der Waals surface area contributed by atoms with Crippen molar-refractivity contribution in [2.75, 3.05) is 0 Å². The summed E-state index contributed by atoms with van der Waals surface area (Å²) in [6.45, 7) is 6.15. The van der Waals surface area contributed by atoms with E-state index in [4.69, 9.17) is 0 Å². The third-order valence-corrected chi connectivity index (χ3v) is 3.06. The molecule has 0 radical (unpaired) electrons. The first-order valence-corrected chi connectivity index (χ1v) is 6.57. The second-order valence-corrected chi connectivity index (χ2v) is 4.55. The van der Waals surface area contributed by atoms with E-state index in [0.29, 0.717) is 0 Å². The first-order chi connectivity index (χ1) is 9.24. The number of pyridine rings is 1. The highest BCUT2D eigenvalue weighted by Crippen LogP contribution is 2.23. The van der Waals surface area contributed by atoms with Crippen LogP contribution in [0.25, 0.3) is 16.8 Å². The molecule has 1 heterocycles. The standard InChI is InChI=1S/C18H19N/c1-4-7-15(5-2)16-8-6-9-17(12-16)18-11-10-14(3)13-19-18/h4-13H,1-3H3/b7-4-,15-5+. The van der Waals surface area contributed by atoms with Crippen LogP contribution in [0.15, 0.2) is 60.8 Å². The molecule has 0 atom stereocenters. The average Bonchev–Trinajstić information content (AvgIpc) is 2.45. The molecule has 0 aliphatic rings. The number of hydrogen-bond donors (Lipinski definition) is 0. The molecule has 0 amide bonds. The molecule has 2 aromatic rings. The largest absolute Gasteiger partial charge is 0.256 e. The Morgan fingerprint density at radius 3 is 2.58 bits per heavy atom. The molecule has 0 saturated carbocycles. The Balaban J connectivity index is 2.42. The molecule has 0 spiro atoms. The Kier molecular flexibility index (Phi) is 4.30. The van der Waals surface area contributed by atoms with E-state index in [2.05, 4.69) is 73.5 Å². The molecule has 1 aromatic carbocycles. The first kappa shape index (κ1) is 13.3. The minimum atomic E-state index is 1.02. The number of aryl methyl sites for hydroxylation is 1. The average molecular weight is 249 g/mol. The van der Waals surface area contributed by atoms with E-state index in [-0.39, 0.29) is 0 Å². The molecular weight excluding hydrogens is 230 g/mol. The van der Waals surface area contributed by atoms with Gasteiger partial charge in [-0.3, -0.25) is 4.98 Å². The molecule has 19 heavy (non-hydrogen) atoms. The number of allylic oxidation sites excluding steroid dienone is 4. The van der Waals surface area contributed by atoms with E-state index in [0.717, 1.165) is 11.3 Å². The Hall–Kier alpha value is -2.15. The van der Waals surface area contributed by atoms with Crippen molar-refractivity contribution in [3.8, 4) is 11.3 Å². The van der Waals surface area contributed by atoms with Crippen LogP contribution in [-0.4, -0.2) is 4.98 Å². The molecule has 0 saturated heterocycles. The van der Waals surface area contributed by atoms with E-state index >= 15 is 0 Å². The van der Waals surface area contributed by atoms with Crippen LogP contribution in [0.2, 0.25) is 0 Å². The fourth-order valence-corrected chi connectivity index (χ4v) is 2.04. The molecule has 2 rings (SSSR count). The molecule has 0 fully saturated rings. The predicted octanol–water partition coefficient (Wildman–Crippen LogP) is 5.04. The van der Waals surface area contributed by atoms with Gasteiger partial charge in [0, 0.05) is 11.8 Å². The second-order valence-electron chi connectivity index (χ2n) is 4.55. The van der Waals surface area contributed by atoms with Gasteiger partial charge in [-0.1, -0.05) is 42.5 Å². The van der Waals surface area contributed by atoms with Crippen LogP contribution in [0.3, 0.4) is 0 Å². The monoisotopic (exact) mass is 249 g/mol. The quantitative estimate of drug-likeness (QED) is 0.695. The summed E-state index contributed by atoms with van der Waals surface area (Å²) < 4.78 is 0. The molecule has 0 aliphatic heterocycles. The molecule has 1 aromatic heterocycles. The summed E-state index contributed by atoms with van der Waals surface area (Å²) in [7, 11) is 0. The molecule has 0 unspecified atom stereocenters. The minimum absolute atomic E-state index is 1.02. The van der Waals surface area contributed by atoms with Gasteiger partial charge in [-0.15, -0.1) is 0 Å². The van der Waals surface area contributed by atoms with E-state index < -0.39 is 0 Å². The van der Waals surface area contributed by atoms with Crippen LogP contribution in [0.1, 0.15) is 25.0 Å². The van der Waals surface area contributed by atoms with E-state index in [1.165, 1.54) is 16.7 Å². The van der Waals surface area contributed by atoms with Gasteiger partial charge in [0.15, 0.2) is 0 Å². The van der Waals surface area contributed by atoms with Crippen LogP contribution in [-0.2, 0) is 0 Å². The normalized spacial score (nSPS) is 12.1. The minimum Gasteiger partial charge on any atom is -0.256 e. The third kappa shape index (κ3) is 3.19. The number of rotatable bonds is 3. The lowest BCUT2D eigenvalue weighted by molar-refractivity contribution is 1.27. The van der Waals surface area contributed by atoms with Crippen LogP contribution in [0.5, 0.6) is 0 Å². The van der Waals surface area contributed by atoms with Crippen LogP contribution < -0.4 is 0 Å². The van der Waals surface area contributed by atoms with Gasteiger partial charge in [-0.05, 0) is 49.6 Å². The highest BCUT2D eigenvalue weighted by molar-refractivity contribution is 5.76. The lowest BCUT2D eigenvalue weighted by atomic mass is 10.0. The maximum absolute atomic E-state index is 4.48. The van der Waals surface area contributed by atoms with Crippen molar-refractivity contribution in [2.24, 2.45) is 0 Å². The maximum Gasteiger partial charge on any atom is 0.0702 e. The van der Waals surface area contributed by atoms with Crippen molar-refractivity contribution >= 4 is 5.57 Å². The van der Waals surface area contributed by atoms with Gasteiger partial charge in [0.05, 0.1) is 5.69 Å². The summed E-state index contributed by atoms with van der Waals surface area (Å²) in [4.78, 5) is 4.48. The molecule has 0 bridgehead atoms. The second kappa shape index (κ2) is 6.14. The smallest absolute Gasteiger partial charge is 0.0702 e. The summed E-state index contributed by atoms with van der Waals surface area (Å²) >= 11 is 0. The summed E-state index contributed by atoms with van der Waals surface area (Å²) in [5.74, 6) is 0. The highest BCUT2D eigenvalue weighted by Gasteiger charge is 2.02. The molecule has 1 heteroatoms. The van der Waals surface area contributed by atoms with Gasteiger partial charge in [0.25, 0.3) is 0 Å². The first-order valence-electron chi connectivity index (χ1n) is 6.57. The Morgan fingerprint density at radius 2 is 1.95 bits per heavy atom. The molecule has 1 nitrogen and oxygen atoms in total. The van der Waals surface area contributed by atoms with Crippen molar-refractivity contribution in [3.63, 3.8) is 0 Å². The Labute approximate surface area is 115 Å². The zero-order valence-corrected chi connectivity index (χ0v) is 11.7. The number of nitrogens with zero attached hydrogens (tertiary/aromatic N) is 1. The zero-order chi connectivity index (χ0) is 13.7. The van der Waals surface area contributed by atoms with Crippen LogP contribution >= 0.6 is 0 Å². The topological polar surface area (TPSA) is 12.9 Å². The molecule has 96 valence electrons. The van der Waals surface area contributed by atoms with Gasteiger partial charge >= 0.3 is 0 Å². The van der Waals surface area contributed by atoms with E-state index in [9.17, 15) is 0 Å². The SMILES string of the molecule is C/C=C\C(=C/C)c1cccc(-c2ccc(C)cn2)c1. The summed E-state index contributed by atoms with van der Waals surface area (Å²) in [6.07, 6.45) is 8.22. The van der Waals surface area contributed by atoms with Gasteiger partial charge in [-0.2, -0.15) is 0 Å². The lowest BCUT2D eigenvalue weighted by Gasteiger charge is -2.06. The fraction of sp³-hybridized carbons (Fsp3) is 0.167. The van der Waals surface area contributed by atoms with Crippen molar-refractivity contribution in [1.29, 1.82) is 0 Å². The molecule has 0 N–H and O–H groups in total. The van der Waals surface area contributed by atoms with E-state index in [1.807, 2.05) is 13.1 Å². The van der Waals surface area contributed by atoms with Crippen molar-refractivity contribution in [3.05, 3.63) is 72.0 Å². The van der Waals surface area contributed by atoms with Gasteiger partial charge in [0.2, 0.25) is 0 Å². The van der Waals surface area contributed by atoms with Crippen molar-refractivity contribution in [2.45, 2.75) is 20.8 Å². The van der Waals surface area contributed by atoms with Gasteiger partial charge < -0.3 is 0 Å². The summed E-state index contributed by atoms with van der Waals surface area (Å²) in [5.41, 5.74) is 5.81. The third-order valence-electron chi connectivity index (χ3n) is 3.06. The summed E-state index contributed by atoms with van der Waals surface area (Å²) in [6, 6.07) is 12.7. The van der Waals surface area contributed by atoms with Gasteiger partial charge in [0.1, 0.15) is 0 Å². The van der Waals surface area contributed by atoms with Crippen molar-refractivity contribution < 1.29 is 0 Å². The number of hydrogen-bond acceptors (Lipinski definition) is 1. The summed E-state index contributed by atoms with van der Waals surface area (Å²) in [5, 5.41) is 0. The van der Waals surface area contributed by atoms with Crippen LogP contribution in [0.4, 0.5) is 0 Å². The lowest BCUT2D eigenvalue weighted by Crippen LogP contribution is -1.86. The number of benzene rings is 1. The Morgan fingerprint density at radius 1 is 1.11 bits per heavy atom. The Bertz CT molecular complexity index is 604. The number of aromatic nitrogens is 1. The van der Waals surface area contributed by atoms with Crippen molar-refractivity contribution in [1.82, 2.24) is 4.98 Å². The predicted molar refractivity (Wildman–Crippen MR) is 82.9 cm³/mol. The van der Waals surface area contributed by atoms with Crippen LogP contribution in [0, 0.1) is 6.92 Å². The fourth-order valence-electron chi connectivity index (χ4n) is 2.04. The van der Waals surface area contributed by atoms with E-state index in [1.54, 1.807) is 0 Å². The zero-order valence-electron chi connectivity index (χ0n) is 11.7. The maximum atomic E-state index is 4.48. The van der Waals surface area contributed by atoms with Gasteiger partial charge in [-0.25, -0.2) is 0 Å². The molecular formula is C18H19N.